The molecule has 1 fully saturated rings. The Morgan fingerprint density at radius 1 is 1.10 bits per heavy atom. The maximum atomic E-state index is 13.0. The molecule has 0 unspecified atom stereocenters. The molecule has 3 rings (SSSR count). The van der Waals surface area contributed by atoms with Gasteiger partial charge in [0.1, 0.15) is 11.8 Å². The van der Waals surface area contributed by atoms with Crippen molar-refractivity contribution in [1.82, 2.24) is 4.90 Å². The number of nitrogens with zero attached hydrogens (tertiary/aromatic N) is 2. The Morgan fingerprint density at radius 3 is 2.39 bits per heavy atom. The van der Waals surface area contributed by atoms with Crippen molar-refractivity contribution in [3.05, 3.63) is 72.3 Å². The van der Waals surface area contributed by atoms with Gasteiger partial charge in [-0.25, -0.2) is 9.69 Å². The summed E-state index contributed by atoms with van der Waals surface area (Å²) in [7, 11) is 1.56. The summed E-state index contributed by atoms with van der Waals surface area (Å²) in [6.45, 7) is 0.140. The number of rotatable bonds is 8. The Hall–Kier alpha value is -3.94. The van der Waals surface area contributed by atoms with Gasteiger partial charge >= 0.3 is 5.97 Å². The van der Waals surface area contributed by atoms with Crippen molar-refractivity contribution in [2.24, 2.45) is 0 Å². The third kappa shape index (κ3) is 5.16. The highest BCUT2D eigenvalue weighted by Crippen LogP contribution is 2.26. The first-order chi connectivity index (χ1) is 14.9. The van der Waals surface area contributed by atoms with E-state index in [9.17, 15) is 19.2 Å². The van der Waals surface area contributed by atoms with Gasteiger partial charge in [0.25, 0.3) is 5.91 Å². The fourth-order valence-corrected chi connectivity index (χ4v) is 3.41. The van der Waals surface area contributed by atoms with E-state index >= 15 is 0 Å². The summed E-state index contributed by atoms with van der Waals surface area (Å²) >= 11 is 0. The van der Waals surface area contributed by atoms with Crippen molar-refractivity contribution >= 4 is 29.4 Å². The zero-order chi connectivity index (χ0) is 22.4. The summed E-state index contributed by atoms with van der Waals surface area (Å²) in [5, 5.41) is 8.85. The Kier molecular flexibility index (Phi) is 6.81. The zero-order valence-corrected chi connectivity index (χ0v) is 16.9. The van der Waals surface area contributed by atoms with E-state index in [-0.39, 0.29) is 13.0 Å². The van der Waals surface area contributed by atoms with Gasteiger partial charge in [0.05, 0.1) is 19.2 Å². The van der Waals surface area contributed by atoms with Gasteiger partial charge in [0.15, 0.2) is 0 Å². The molecule has 0 saturated carbocycles. The van der Waals surface area contributed by atoms with E-state index in [2.05, 4.69) is 0 Å². The average Bonchev–Trinajstić information content (AvgIpc) is 3.07. The Balaban J connectivity index is 1.83. The van der Waals surface area contributed by atoms with Crippen LogP contribution in [-0.2, 0) is 25.6 Å². The van der Waals surface area contributed by atoms with Crippen molar-refractivity contribution in [3.63, 3.8) is 0 Å². The van der Waals surface area contributed by atoms with E-state index in [1.807, 2.05) is 12.1 Å². The Morgan fingerprint density at radius 2 is 1.77 bits per heavy atom. The quantitative estimate of drug-likeness (QED) is 0.516. The topological polar surface area (TPSA) is 104 Å². The number of carbonyl (C=O) groups excluding carboxylic acids is 3. The minimum atomic E-state index is -1.27. The number of hydrogen-bond donors (Lipinski definition) is 1. The van der Waals surface area contributed by atoms with E-state index in [1.165, 1.54) is 4.90 Å². The van der Waals surface area contributed by atoms with Gasteiger partial charge in [-0.05, 0) is 36.2 Å². The van der Waals surface area contributed by atoms with Crippen LogP contribution in [0.1, 0.15) is 12.0 Å². The van der Waals surface area contributed by atoms with E-state index < -0.39 is 29.7 Å². The van der Waals surface area contributed by atoms with Crippen LogP contribution in [0.3, 0.4) is 0 Å². The van der Waals surface area contributed by atoms with Crippen molar-refractivity contribution in [2.45, 2.75) is 18.9 Å². The molecule has 0 spiro atoms. The molecule has 3 amide bonds. The van der Waals surface area contributed by atoms with Crippen LogP contribution >= 0.6 is 0 Å². The number of methoxy groups -OCH3 is 1. The standard InChI is InChI=1S/C23H22N2O6/c1-31-18-9-7-16(8-10-18)13-14-24(20(26)11-12-22(28)29)19-15-21(27)25(23(19)30)17-5-3-2-4-6-17/h2-12,19H,13-15H2,1H3,(H,28,29)/b12-11-/t19-/m1/s1. The highest BCUT2D eigenvalue weighted by molar-refractivity contribution is 6.23. The van der Waals surface area contributed by atoms with E-state index in [4.69, 9.17) is 9.84 Å². The molecule has 31 heavy (non-hydrogen) atoms. The molecule has 8 heteroatoms. The molecule has 0 aliphatic carbocycles. The third-order valence-corrected chi connectivity index (χ3v) is 4.97. The molecule has 1 N–H and O–H groups in total. The number of benzene rings is 2. The molecule has 0 aromatic heterocycles. The third-order valence-electron chi connectivity index (χ3n) is 4.97. The number of aliphatic carboxylic acids is 1. The van der Waals surface area contributed by atoms with E-state index in [0.717, 1.165) is 22.6 Å². The maximum Gasteiger partial charge on any atom is 0.328 e. The van der Waals surface area contributed by atoms with Crippen LogP contribution in [0.4, 0.5) is 5.69 Å². The Labute approximate surface area is 179 Å². The molecular formula is C23H22N2O6. The van der Waals surface area contributed by atoms with Crippen molar-refractivity contribution < 1.29 is 29.0 Å². The predicted octanol–water partition coefficient (Wildman–Crippen LogP) is 2.04. The number of imide groups is 1. The molecule has 1 aliphatic heterocycles. The first-order valence-electron chi connectivity index (χ1n) is 9.67. The summed E-state index contributed by atoms with van der Waals surface area (Å²) < 4.78 is 5.13. The molecule has 0 bridgehead atoms. The number of amides is 3. The van der Waals surface area contributed by atoms with Crippen molar-refractivity contribution in [1.29, 1.82) is 0 Å². The SMILES string of the molecule is COc1ccc(CCN(C(=O)/C=C\C(=O)O)[C@@H]2CC(=O)N(c3ccccc3)C2=O)cc1. The summed E-state index contributed by atoms with van der Waals surface area (Å²) in [6.07, 6.45) is 1.88. The second-order valence-electron chi connectivity index (χ2n) is 6.92. The van der Waals surface area contributed by atoms with Crippen molar-refractivity contribution in [2.75, 3.05) is 18.6 Å². The molecule has 1 heterocycles. The molecule has 2 aromatic rings. The monoisotopic (exact) mass is 422 g/mol. The number of ether oxygens (including phenoxy) is 1. The zero-order valence-electron chi connectivity index (χ0n) is 16.9. The van der Waals surface area contributed by atoms with Crippen LogP contribution < -0.4 is 9.64 Å². The first kappa shape index (κ1) is 21.8. The predicted molar refractivity (Wildman–Crippen MR) is 113 cm³/mol. The first-order valence-corrected chi connectivity index (χ1v) is 9.67. The fraction of sp³-hybridized carbons (Fsp3) is 0.217. The van der Waals surface area contributed by atoms with Gasteiger partial charge in [-0.15, -0.1) is 0 Å². The minimum absolute atomic E-state index is 0.140. The van der Waals surface area contributed by atoms with Crippen molar-refractivity contribution in [3.8, 4) is 5.75 Å². The molecule has 2 aromatic carbocycles. The number of carboxylic acid groups (broad SMARTS) is 1. The van der Waals surface area contributed by atoms with Gasteiger partial charge in [-0.1, -0.05) is 30.3 Å². The summed E-state index contributed by atoms with van der Waals surface area (Å²) in [4.78, 5) is 51.5. The van der Waals surface area contributed by atoms with Crippen LogP contribution in [0, 0.1) is 0 Å². The average molecular weight is 422 g/mol. The summed E-state index contributed by atoms with van der Waals surface area (Å²) in [6, 6.07) is 14.7. The van der Waals surface area contributed by atoms with Gasteiger partial charge in [0, 0.05) is 18.7 Å². The van der Waals surface area contributed by atoms with Gasteiger partial charge in [0.2, 0.25) is 11.8 Å². The lowest BCUT2D eigenvalue weighted by molar-refractivity contribution is -0.135. The van der Waals surface area contributed by atoms with Gasteiger partial charge < -0.3 is 14.7 Å². The lowest BCUT2D eigenvalue weighted by atomic mass is 10.1. The lowest BCUT2D eigenvalue weighted by Crippen LogP contribution is -2.45. The molecule has 8 nitrogen and oxygen atoms in total. The number of anilines is 1. The largest absolute Gasteiger partial charge is 0.497 e. The minimum Gasteiger partial charge on any atom is -0.497 e. The van der Waals surface area contributed by atoms with Crippen LogP contribution in [0.15, 0.2) is 66.7 Å². The lowest BCUT2D eigenvalue weighted by Gasteiger charge is -2.26. The van der Waals surface area contributed by atoms with Crippen LogP contribution in [0.2, 0.25) is 0 Å². The number of para-hydroxylation sites is 1. The second-order valence-corrected chi connectivity index (χ2v) is 6.92. The molecule has 0 radical (unpaired) electrons. The van der Waals surface area contributed by atoms with E-state index in [1.54, 1.807) is 49.6 Å². The van der Waals surface area contributed by atoms with Gasteiger partial charge in [-0.2, -0.15) is 0 Å². The van der Waals surface area contributed by atoms with Gasteiger partial charge in [-0.3, -0.25) is 14.4 Å². The fourth-order valence-electron chi connectivity index (χ4n) is 3.41. The van der Waals surface area contributed by atoms with Crippen LogP contribution in [-0.4, -0.2) is 53.4 Å². The highest BCUT2D eigenvalue weighted by Gasteiger charge is 2.43. The number of carboxylic acids is 1. The number of carbonyl (C=O) groups is 4. The molecule has 1 atom stereocenters. The van der Waals surface area contributed by atoms with E-state index in [0.29, 0.717) is 17.9 Å². The summed E-state index contributed by atoms with van der Waals surface area (Å²) in [5.41, 5.74) is 1.33. The molecule has 1 saturated heterocycles. The smallest absolute Gasteiger partial charge is 0.328 e. The maximum absolute atomic E-state index is 13.0. The molecular weight excluding hydrogens is 400 g/mol. The summed E-state index contributed by atoms with van der Waals surface area (Å²) in [5.74, 6) is -2.15. The van der Waals surface area contributed by atoms with Crippen LogP contribution in [0.25, 0.3) is 0 Å². The van der Waals surface area contributed by atoms with Crippen LogP contribution in [0.5, 0.6) is 5.75 Å². The normalized spacial score (nSPS) is 16.0. The number of hydrogen-bond acceptors (Lipinski definition) is 5. The Bertz CT molecular complexity index is 1000. The second kappa shape index (κ2) is 9.71. The molecule has 160 valence electrons. The molecule has 1 aliphatic rings. The highest BCUT2D eigenvalue weighted by atomic mass is 16.5.